The van der Waals surface area contributed by atoms with Gasteiger partial charge in [0, 0.05) is 29.3 Å². The van der Waals surface area contributed by atoms with E-state index in [0.29, 0.717) is 5.11 Å². The summed E-state index contributed by atoms with van der Waals surface area (Å²) in [6.07, 6.45) is 1.82. The van der Waals surface area contributed by atoms with Crippen LogP contribution in [-0.2, 0) is 0 Å². The van der Waals surface area contributed by atoms with Crippen molar-refractivity contribution in [2.75, 3.05) is 19.1 Å². The zero-order valence-electron chi connectivity index (χ0n) is 21.1. The minimum absolute atomic E-state index is 0.151. The Labute approximate surface area is 217 Å². The number of hydrogen-bond acceptors (Lipinski definition) is 4. The summed E-state index contributed by atoms with van der Waals surface area (Å²) in [5.74, 6) is 1.46. The first-order chi connectivity index (χ1) is 17.4. The maximum Gasteiger partial charge on any atom is 0.174 e. The van der Waals surface area contributed by atoms with Crippen molar-refractivity contribution in [2.45, 2.75) is 32.9 Å². The van der Waals surface area contributed by atoms with Crippen molar-refractivity contribution < 1.29 is 9.47 Å². The van der Waals surface area contributed by atoms with Crippen LogP contribution >= 0.6 is 12.2 Å². The quantitative estimate of drug-likeness (QED) is 0.330. The summed E-state index contributed by atoms with van der Waals surface area (Å²) in [7, 11) is 3.34. The van der Waals surface area contributed by atoms with Crippen molar-refractivity contribution in [1.82, 2.24) is 14.9 Å². The third-order valence-corrected chi connectivity index (χ3v) is 7.14. The molecule has 0 saturated carbocycles. The maximum atomic E-state index is 5.94. The number of rotatable bonds is 6. The highest BCUT2D eigenvalue weighted by Crippen LogP contribution is 2.47. The van der Waals surface area contributed by atoms with E-state index in [1.807, 2.05) is 42.6 Å². The van der Waals surface area contributed by atoms with E-state index in [0.717, 1.165) is 40.0 Å². The van der Waals surface area contributed by atoms with Gasteiger partial charge in [-0.1, -0.05) is 23.8 Å². The number of methoxy groups -OCH3 is 2. The van der Waals surface area contributed by atoms with Gasteiger partial charge in [0.25, 0.3) is 0 Å². The highest BCUT2D eigenvalue weighted by atomic mass is 32.1. The van der Waals surface area contributed by atoms with Crippen LogP contribution in [0.3, 0.4) is 0 Å². The molecular formula is C29H30N4O2S. The smallest absolute Gasteiger partial charge is 0.174 e. The van der Waals surface area contributed by atoms with E-state index in [1.54, 1.807) is 14.2 Å². The average molecular weight is 499 g/mol. The number of aromatic nitrogens is 2. The molecule has 1 fully saturated rings. The highest BCUT2D eigenvalue weighted by Gasteiger charge is 2.43. The molecule has 0 amide bonds. The van der Waals surface area contributed by atoms with Crippen LogP contribution in [0.15, 0.2) is 72.9 Å². The Hall–Kier alpha value is -3.84. The van der Waals surface area contributed by atoms with E-state index in [1.165, 1.54) is 11.1 Å². The Kier molecular flexibility index (Phi) is 6.41. The van der Waals surface area contributed by atoms with E-state index in [4.69, 9.17) is 26.7 Å². The molecule has 2 aromatic heterocycles. The number of aryl methyl sites for hydroxylation is 2. The summed E-state index contributed by atoms with van der Waals surface area (Å²) in [5.41, 5.74) is 7.61. The summed E-state index contributed by atoms with van der Waals surface area (Å²) in [6.45, 7) is 6.41. The molecule has 5 rings (SSSR count). The van der Waals surface area contributed by atoms with Gasteiger partial charge >= 0.3 is 0 Å². The summed E-state index contributed by atoms with van der Waals surface area (Å²) in [5, 5.41) is 4.16. The third kappa shape index (κ3) is 4.09. The van der Waals surface area contributed by atoms with E-state index < -0.39 is 0 Å². The van der Waals surface area contributed by atoms with Gasteiger partial charge in [-0.25, -0.2) is 0 Å². The summed E-state index contributed by atoms with van der Waals surface area (Å²) in [4.78, 5) is 6.83. The van der Waals surface area contributed by atoms with Gasteiger partial charge in [-0.15, -0.1) is 0 Å². The monoisotopic (exact) mass is 498 g/mol. The fourth-order valence-electron chi connectivity index (χ4n) is 5.09. The van der Waals surface area contributed by atoms with Crippen LogP contribution in [0.5, 0.6) is 11.5 Å². The fourth-order valence-corrected chi connectivity index (χ4v) is 5.43. The number of nitrogens with one attached hydrogen (secondary N) is 1. The first-order valence-electron chi connectivity index (χ1n) is 11.9. The number of ether oxygens (including phenoxy) is 2. The minimum atomic E-state index is -0.154. The predicted molar refractivity (Wildman–Crippen MR) is 147 cm³/mol. The molecular weight excluding hydrogens is 468 g/mol. The average Bonchev–Trinajstić information content (AvgIpc) is 3.39. The second-order valence-electron chi connectivity index (χ2n) is 9.03. The molecule has 0 bridgehead atoms. The van der Waals surface area contributed by atoms with Gasteiger partial charge in [-0.2, -0.15) is 0 Å². The lowest BCUT2D eigenvalue weighted by molar-refractivity contribution is 0.403. The van der Waals surface area contributed by atoms with Gasteiger partial charge < -0.3 is 24.3 Å². The predicted octanol–water partition coefficient (Wildman–Crippen LogP) is 5.99. The van der Waals surface area contributed by atoms with Crippen LogP contribution in [0, 0.1) is 20.8 Å². The largest absolute Gasteiger partial charge is 0.497 e. The van der Waals surface area contributed by atoms with Crippen LogP contribution in [0.4, 0.5) is 5.69 Å². The number of benzene rings is 2. The van der Waals surface area contributed by atoms with Gasteiger partial charge in [-0.05, 0) is 81.0 Å². The molecule has 0 aliphatic carbocycles. The Balaban J connectivity index is 1.71. The van der Waals surface area contributed by atoms with Crippen LogP contribution in [0.25, 0.3) is 5.69 Å². The summed E-state index contributed by atoms with van der Waals surface area (Å²) < 4.78 is 13.6. The molecule has 184 valence electrons. The lowest BCUT2D eigenvalue weighted by atomic mass is 9.96. The van der Waals surface area contributed by atoms with Gasteiger partial charge in [0.05, 0.1) is 37.7 Å². The van der Waals surface area contributed by atoms with E-state index in [2.05, 4.69) is 65.9 Å². The summed E-state index contributed by atoms with van der Waals surface area (Å²) in [6, 6.07) is 22.3. The molecule has 2 aromatic carbocycles. The lowest BCUT2D eigenvalue weighted by Gasteiger charge is -2.29. The highest BCUT2D eigenvalue weighted by molar-refractivity contribution is 7.80. The molecule has 4 aromatic rings. The number of nitrogens with zero attached hydrogens (tertiary/aromatic N) is 3. The van der Waals surface area contributed by atoms with Gasteiger partial charge in [0.1, 0.15) is 11.5 Å². The van der Waals surface area contributed by atoms with Crippen LogP contribution in [-0.4, -0.2) is 28.9 Å². The van der Waals surface area contributed by atoms with Crippen molar-refractivity contribution in [2.24, 2.45) is 0 Å². The van der Waals surface area contributed by atoms with Crippen LogP contribution in [0.1, 0.15) is 40.3 Å². The van der Waals surface area contributed by atoms with E-state index >= 15 is 0 Å². The van der Waals surface area contributed by atoms with Crippen molar-refractivity contribution in [1.29, 1.82) is 0 Å². The number of anilines is 1. The van der Waals surface area contributed by atoms with Crippen molar-refractivity contribution in [3.05, 3.63) is 101 Å². The third-order valence-electron chi connectivity index (χ3n) is 6.82. The Morgan fingerprint density at radius 2 is 1.69 bits per heavy atom. The van der Waals surface area contributed by atoms with Crippen LogP contribution < -0.4 is 19.7 Å². The molecule has 1 saturated heterocycles. The first kappa shape index (κ1) is 23.9. The van der Waals surface area contributed by atoms with E-state index in [-0.39, 0.29) is 12.1 Å². The molecule has 1 aliphatic rings. The first-order valence-corrected chi connectivity index (χ1v) is 12.3. The van der Waals surface area contributed by atoms with Crippen molar-refractivity contribution in [3.63, 3.8) is 0 Å². The van der Waals surface area contributed by atoms with E-state index in [9.17, 15) is 0 Å². The Morgan fingerprint density at radius 3 is 2.36 bits per heavy atom. The fraction of sp³-hybridized carbons (Fsp3) is 0.241. The minimum Gasteiger partial charge on any atom is -0.497 e. The molecule has 0 spiro atoms. The number of hydrogen-bond donors (Lipinski definition) is 1. The summed E-state index contributed by atoms with van der Waals surface area (Å²) >= 11 is 5.94. The molecule has 0 radical (unpaired) electrons. The van der Waals surface area contributed by atoms with Crippen molar-refractivity contribution >= 4 is 23.0 Å². The standard InChI is InChI=1S/C29H30N4O2S/c1-18-9-11-21(12-10-18)32-19(2)16-23(20(32)3)28-27(24-8-6-7-15-30-24)31-29(36)33(28)25-17-22(34-4)13-14-26(25)35-5/h6-17,27-28H,1-5H3,(H,31,36)/t27-,28-/m0/s1. The SMILES string of the molecule is COc1ccc(OC)c(N2C(=S)N[C@@H](c3ccccn3)[C@@H]2c2cc(C)n(-c3ccc(C)cc3)c2C)c1. The molecule has 6 nitrogen and oxygen atoms in total. The Morgan fingerprint density at radius 1 is 0.917 bits per heavy atom. The Bertz CT molecular complexity index is 1400. The molecule has 3 heterocycles. The molecule has 36 heavy (non-hydrogen) atoms. The normalized spacial score (nSPS) is 17.2. The van der Waals surface area contributed by atoms with Gasteiger partial charge in [0.2, 0.25) is 0 Å². The maximum absolute atomic E-state index is 5.94. The second-order valence-corrected chi connectivity index (χ2v) is 9.42. The molecule has 1 aliphatic heterocycles. The number of pyridine rings is 1. The molecule has 0 unspecified atom stereocenters. The van der Waals surface area contributed by atoms with Gasteiger partial charge in [-0.3, -0.25) is 4.98 Å². The van der Waals surface area contributed by atoms with Crippen molar-refractivity contribution in [3.8, 4) is 17.2 Å². The second kappa shape index (κ2) is 9.66. The lowest BCUT2D eigenvalue weighted by Crippen LogP contribution is -2.30. The molecule has 2 atom stereocenters. The molecule has 1 N–H and O–H groups in total. The zero-order valence-corrected chi connectivity index (χ0v) is 22.0. The van der Waals surface area contributed by atoms with Gasteiger partial charge in [0.15, 0.2) is 5.11 Å². The zero-order chi connectivity index (χ0) is 25.4. The molecule has 7 heteroatoms. The topological polar surface area (TPSA) is 51.6 Å². The number of thiocarbonyl (C=S) groups is 1. The van der Waals surface area contributed by atoms with Crippen LogP contribution in [0.2, 0.25) is 0 Å².